The smallest absolute Gasteiger partial charge is 0.336 e. The second-order valence-electron chi connectivity index (χ2n) is 4.54. The van der Waals surface area contributed by atoms with Crippen LogP contribution in [0.25, 0.3) is 0 Å². The van der Waals surface area contributed by atoms with E-state index in [0.717, 1.165) is 17.4 Å². The van der Waals surface area contributed by atoms with Gasteiger partial charge in [0.2, 0.25) is 0 Å². The topological polar surface area (TPSA) is 92.7 Å². The number of rotatable bonds is 6. The minimum atomic E-state index is -3.80. The summed E-state index contributed by atoms with van der Waals surface area (Å²) in [5, 5.41) is 10.2. The molecule has 0 saturated heterocycles. The average Bonchev–Trinajstić information content (AvgIpc) is 2.97. The first kappa shape index (κ1) is 16.5. The van der Waals surface area contributed by atoms with Crippen LogP contribution in [0.5, 0.6) is 5.75 Å². The van der Waals surface area contributed by atoms with Crippen molar-refractivity contribution in [2.45, 2.75) is 17.2 Å². The van der Waals surface area contributed by atoms with Crippen LogP contribution in [0.1, 0.15) is 28.9 Å². The maximum absolute atomic E-state index is 12.3. The fourth-order valence-corrected chi connectivity index (χ4v) is 4.34. The van der Waals surface area contributed by atoms with Gasteiger partial charge in [-0.25, -0.2) is 17.9 Å². The Labute approximate surface area is 132 Å². The highest BCUT2D eigenvalue weighted by Crippen LogP contribution is 2.27. The Morgan fingerprint density at radius 1 is 1.36 bits per heavy atom. The molecule has 1 heterocycles. The van der Waals surface area contributed by atoms with Crippen LogP contribution in [-0.4, -0.2) is 26.6 Å². The van der Waals surface area contributed by atoms with E-state index in [1.54, 1.807) is 31.2 Å². The number of aromatic carboxylic acids is 1. The molecular formula is C14H15NO5S2. The van der Waals surface area contributed by atoms with E-state index in [9.17, 15) is 13.2 Å². The van der Waals surface area contributed by atoms with E-state index in [0.29, 0.717) is 11.3 Å². The first-order chi connectivity index (χ1) is 10.3. The Balaban J connectivity index is 2.25. The third-order valence-corrected chi connectivity index (χ3v) is 6.00. The second kappa shape index (κ2) is 6.47. The fraction of sp³-hybridized carbons (Fsp3) is 0.214. The molecule has 0 radical (unpaired) electrons. The maximum atomic E-state index is 12.3. The summed E-state index contributed by atoms with van der Waals surface area (Å²) in [6.45, 7) is 1.70. The van der Waals surface area contributed by atoms with Gasteiger partial charge in [0, 0.05) is 17.0 Å². The standard InChI is InChI=1S/C14H15NO5S2/c1-9(11-5-3-4-6-12(11)20-2)15-22(18,19)13-7-10(8-21-13)14(16)17/h3-9,15H,1-2H3,(H,16,17)/t9-/m0/s1. The van der Waals surface area contributed by atoms with E-state index in [1.165, 1.54) is 12.5 Å². The number of benzene rings is 1. The molecule has 0 amide bonds. The minimum Gasteiger partial charge on any atom is -0.496 e. The zero-order valence-electron chi connectivity index (χ0n) is 11.9. The van der Waals surface area contributed by atoms with Gasteiger partial charge >= 0.3 is 5.97 Å². The number of para-hydroxylation sites is 1. The molecule has 6 nitrogen and oxygen atoms in total. The Morgan fingerprint density at radius 3 is 2.64 bits per heavy atom. The third kappa shape index (κ3) is 3.46. The summed E-state index contributed by atoms with van der Waals surface area (Å²) in [6.07, 6.45) is 0. The normalized spacial score (nSPS) is 12.8. The lowest BCUT2D eigenvalue weighted by molar-refractivity contribution is 0.0697. The quantitative estimate of drug-likeness (QED) is 0.842. The van der Waals surface area contributed by atoms with Gasteiger partial charge in [0.05, 0.1) is 12.7 Å². The molecule has 118 valence electrons. The van der Waals surface area contributed by atoms with Crippen LogP contribution in [0.2, 0.25) is 0 Å². The molecule has 2 aromatic rings. The van der Waals surface area contributed by atoms with E-state index in [4.69, 9.17) is 9.84 Å². The van der Waals surface area contributed by atoms with Gasteiger partial charge in [-0.05, 0) is 19.1 Å². The van der Waals surface area contributed by atoms with Crippen molar-refractivity contribution in [3.63, 3.8) is 0 Å². The monoisotopic (exact) mass is 341 g/mol. The second-order valence-corrected chi connectivity index (χ2v) is 7.40. The molecule has 1 atom stereocenters. The van der Waals surface area contributed by atoms with E-state index >= 15 is 0 Å². The largest absolute Gasteiger partial charge is 0.496 e. The van der Waals surface area contributed by atoms with Gasteiger partial charge in [0.25, 0.3) is 10.0 Å². The number of nitrogens with one attached hydrogen (secondary N) is 1. The SMILES string of the molecule is COc1ccccc1[C@H](C)NS(=O)(=O)c1cc(C(=O)O)cs1. The van der Waals surface area contributed by atoms with Crippen molar-refractivity contribution in [1.82, 2.24) is 4.72 Å². The van der Waals surface area contributed by atoms with Gasteiger partial charge < -0.3 is 9.84 Å². The summed E-state index contributed by atoms with van der Waals surface area (Å²) >= 11 is 0.869. The van der Waals surface area contributed by atoms with Gasteiger partial charge in [-0.2, -0.15) is 0 Å². The molecule has 0 aliphatic heterocycles. The van der Waals surface area contributed by atoms with Crippen molar-refractivity contribution in [2.75, 3.05) is 7.11 Å². The predicted molar refractivity (Wildman–Crippen MR) is 83.0 cm³/mol. The van der Waals surface area contributed by atoms with Gasteiger partial charge in [-0.1, -0.05) is 18.2 Å². The van der Waals surface area contributed by atoms with Gasteiger partial charge in [-0.15, -0.1) is 11.3 Å². The van der Waals surface area contributed by atoms with Gasteiger partial charge in [-0.3, -0.25) is 0 Å². The molecule has 2 N–H and O–H groups in total. The summed E-state index contributed by atoms with van der Waals surface area (Å²) in [5.74, 6) is -0.578. The summed E-state index contributed by atoms with van der Waals surface area (Å²) < 4.78 is 32.3. The molecule has 0 spiro atoms. The highest BCUT2D eigenvalue weighted by molar-refractivity contribution is 7.91. The molecule has 0 aliphatic rings. The van der Waals surface area contributed by atoms with E-state index in [-0.39, 0.29) is 9.77 Å². The van der Waals surface area contributed by atoms with Crippen molar-refractivity contribution in [3.8, 4) is 5.75 Å². The Bertz CT molecular complexity index is 782. The molecule has 0 saturated carbocycles. The highest BCUT2D eigenvalue weighted by Gasteiger charge is 2.23. The number of carboxylic acids is 1. The van der Waals surface area contributed by atoms with Crippen molar-refractivity contribution in [2.24, 2.45) is 0 Å². The van der Waals surface area contributed by atoms with Crippen LogP contribution in [-0.2, 0) is 10.0 Å². The van der Waals surface area contributed by atoms with Crippen molar-refractivity contribution < 1.29 is 23.1 Å². The molecule has 8 heteroatoms. The number of carboxylic acid groups (broad SMARTS) is 1. The molecule has 1 aromatic carbocycles. The predicted octanol–water partition coefficient (Wildman–Crippen LogP) is 2.49. The number of methoxy groups -OCH3 is 1. The van der Waals surface area contributed by atoms with Crippen LogP contribution in [0, 0.1) is 0 Å². The summed E-state index contributed by atoms with van der Waals surface area (Å²) in [7, 11) is -2.28. The lowest BCUT2D eigenvalue weighted by atomic mass is 10.1. The van der Waals surface area contributed by atoms with Crippen LogP contribution in [0.15, 0.2) is 39.9 Å². The van der Waals surface area contributed by atoms with E-state index < -0.39 is 22.0 Å². The molecule has 22 heavy (non-hydrogen) atoms. The molecule has 0 unspecified atom stereocenters. The van der Waals surface area contributed by atoms with Crippen LogP contribution in [0.4, 0.5) is 0 Å². The lowest BCUT2D eigenvalue weighted by Crippen LogP contribution is -2.26. The zero-order chi connectivity index (χ0) is 16.3. The number of hydrogen-bond donors (Lipinski definition) is 2. The fourth-order valence-electron chi connectivity index (χ4n) is 1.95. The minimum absolute atomic E-state index is 0.0355. The molecule has 1 aromatic heterocycles. The number of hydrogen-bond acceptors (Lipinski definition) is 5. The molecule has 0 fully saturated rings. The van der Waals surface area contributed by atoms with Gasteiger partial charge in [0.1, 0.15) is 9.96 Å². The Morgan fingerprint density at radius 2 is 2.05 bits per heavy atom. The van der Waals surface area contributed by atoms with Crippen molar-refractivity contribution in [3.05, 3.63) is 46.8 Å². The molecule has 0 bridgehead atoms. The number of carbonyl (C=O) groups is 1. The summed E-state index contributed by atoms with van der Waals surface area (Å²) in [4.78, 5) is 10.8. The Hall–Kier alpha value is -1.90. The van der Waals surface area contributed by atoms with Crippen LogP contribution in [0.3, 0.4) is 0 Å². The number of sulfonamides is 1. The number of ether oxygens (including phenoxy) is 1. The zero-order valence-corrected chi connectivity index (χ0v) is 13.6. The maximum Gasteiger partial charge on any atom is 0.336 e. The first-order valence-corrected chi connectivity index (χ1v) is 8.68. The van der Waals surface area contributed by atoms with Crippen molar-refractivity contribution >= 4 is 27.3 Å². The van der Waals surface area contributed by atoms with Crippen LogP contribution >= 0.6 is 11.3 Å². The lowest BCUT2D eigenvalue weighted by Gasteiger charge is -2.16. The highest BCUT2D eigenvalue weighted by atomic mass is 32.2. The van der Waals surface area contributed by atoms with Gasteiger partial charge in [0.15, 0.2) is 0 Å². The number of thiophene rings is 1. The average molecular weight is 341 g/mol. The first-order valence-electron chi connectivity index (χ1n) is 6.32. The molecule has 2 rings (SSSR count). The van der Waals surface area contributed by atoms with Crippen LogP contribution < -0.4 is 9.46 Å². The summed E-state index contributed by atoms with van der Waals surface area (Å²) in [5.41, 5.74) is 0.652. The third-order valence-electron chi connectivity index (χ3n) is 3.02. The molecular weight excluding hydrogens is 326 g/mol. The van der Waals surface area contributed by atoms with E-state index in [2.05, 4.69) is 4.72 Å². The van der Waals surface area contributed by atoms with Crippen molar-refractivity contribution in [1.29, 1.82) is 0 Å². The Kier molecular flexibility index (Phi) is 4.84. The molecule has 0 aliphatic carbocycles. The summed E-state index contributed by atoms with van der Waals surface area (Å²) in [6, 6.07) is 7.72. The van der Waals surface area contributed by atoms with E-state index in [1.807, 2.05) is 0 Å².